The van der Waals surface area contributed by atoms with E-state index in [2.05, 4.69) is 20.5 Å². The van der Waals surface area contributed by atoms with Crippen molar-refractivity contribution in [1.29, 1.82) is 0 Å². The van der Waals surface area contributed by atoms with Crippen LogP contribution in [0.5, 0.6) is 0 Å². The molecular weight excluding hydrogens is 476 g/mol. The molecule has 0 saturated carbocycles. The van der Waals surface area contributed by atoms with Gasteiger partial charge in [0, 0.05) is 33.7 Å². The molecule has 1 aliphatic rings. The molecule has 2 N–H and O–H groups in total. The Morgan fingerprint density at radius 3 is 2.54 bits per heavy atom. The highest BCUT2D eigenvalue weighted by Crippen LogP contribution is 2.04. The van der Waals surface area contributed by atoms with Crippen LogP contribution in [-0.4, -0.2) is 81.7 Å². The number of amides is 1. The molecule has 0 radical (unpaired) electrons. The fourth-order valence-corrected chi connectivity index (χ4v) is 2.59. The lowest BCUT2D eigenvalue weighted by Gasteiger charge is -2.26. The van der Waals surface area contributed by atoms with Crippen molar-refractivity contribution >= 4 is 35.8 Å². The highest BCUT2D eigenvalue weighted by molar-refractivity contribution is 14.0. The second-order valence-corrected chi connectivity index (χ2v) is 6.67. The standard InChI is InChI=1S/C19H30FN5O2.HI/c1-24(2)18(26)15-23-19(22-14-16-4-6-17(20)7-5-16)21-8-3-9-25-10-12-27-13-11-25;/h4-7H,3,8-15H2,1-2H3,(H2,21,22,23);1H. The van der Waals surface area contributed by atoms with Crippen LogP contribution in [0.1, 0.15) is 12.0 Å². The molecule has 1 aromatic carbocycles. The van der Waals surface area contributed by atoms with Gasteiger partial charge in [-0.1, -0.05) is 12.1 Å². The Morgan fingerprint density at radius 2 is 1.89 bits per heavy atom. The summed E-state index contributed by atoms with van der Waals surface area (Å²) in [6.07, 6.45) is 0.971. The molecule has 9 heteroatoms. The number of hydrogen-bond acceptors (Lipinski definition) is 4. The third-order valence-corrected chi connectivity index (χ3v) is 4.29. The molecule has 0 unspecified atom stereocenters. The normalized spacial score (nSPS) is 14.9. The Hall–Kier alpha value is -1.46. The minimum atomic E-state index is -0.265. The lowest BCUT2D eigenvalue weighted by molar-refractivity contribution is -0.127. The van der Waals surface area contributed by atoms with Gasteiger partial charge >= 0.3 is 0 Å². The maximum atomic E-state index is 13.0. The first-order chi connectivity index (χ1) is 13.0. The van der Waals surface area contributed by atoms with Crippen LogP contribution < -0.4 is 10.6 Å². The molecule has 1 aromatic rings. The maximum Gasteiger partial charge on any atom is 0.241 e. The van der Waals surface area contributed by atoms with Crippen LogP contribution in [0.2, 0.25) is 0 Å². The largest absolute Gasteiger partial charge is 0.379 e. The van der Waals surface area contributed by atoms with Gasteiger partial charge < -0.3 is 20.3 Å². The lowest BCUT2D eigenvalue weighted by atomic mass is 10.2. The van der Waals surface area contributed by atoms with Crippen molar-refractivity contribution in [3.63, 3.8) is 0 Å². The Balaban J connectivity index is 0.00000392. The van der Waals surface area contributed by atoms with Crippen LogP contribution in [0.4, 0.5) is 4.39 Å². The number of morpholine rings is 1. The summed E-state index contributed by atoms with van der Waals surface area (Å²) in [7, 11) is 3.43. The topological polar surface area (TPSA) is 69.2 Å². The van der Waals surface area contributed by atoms with Gasteiger partial charge in [-0.15, -0.1) is 24.0 Å². The van der Waals surface area contributed by atoms with Crippen molar-refractivity contribution in [1.82, 2.24) is 20.4 Å². The summed E-state index contributed by atoms with van der Waals surface area (Å²) in [6.45, 7) is 5.88. The van der Waals surface area contributed by atoms with Gasteiger partial charge in [0.2, 0.25) is 5.91 Å². The highest BCUT2D eigenvalue weighted by Gasteiger charge is 2.10. The molecule has 0 bridgehead atoms. The summed E-state index contributed by atoms with van der Waals surface area (Å²) in [5, 5.41) is 6.33. The van der Waals surface area contributed by atoms with E-state index in [1.165, 1.54) is 17.0 Å². The van der Waals surface area contributed by atoms with E-state index in [0.717, 1.165) is 51.4 Å². The van der Waals surface area contributed by atoms with Crippen molar-refractivity contribution in [2.75, 3.05) is 60.0 Å². The quantitative estimate of drug-likeness (QED) is 0.240. The summed E-state index contributed by atoms with van der Waals surface area (Å²) in [4.78, 5) is 20.2. The van der Waals surface area contributed by atoms with E-state index < -0.39 is 0 Å². The van der Waals surface area contributed by atoms with Crippen LogP contribution >= 0.6 is 24.0 Å². The number of benzene rings is 1. The van der Waals surface area contributed by atoms with E-state index in [1.807, 2.05) is 0 Å². The summed E-state index contributed by atoms with van der Waals surface area (Å²) >= 11 is 0. The number of nitrogens with zero attached hydrogens (tertiary/aromatic N) is 3. The molecule has 1 aliphatic heterocycles. The number of carbonyl (C=O) groups is 1. The highest BCUT2D eigenvalue weighted by atomic mass is 127. The summed E-state index contributed by atoms with van der Waals surface area (Å²) in [5.74, 6) is 0.287. The van der Waals surface area contributed by atoms with Gasteiger partial charge in [0.1, 0.15) is 5.82 Å². The fourth-order valence-electron chi connectivity index (χ4n) is 2.59. The summed E-state index contributed by atoms with van der Waals surface area (Å²) in [5.41, 5.74) is 0.907. The molecule has 1 amide bonds. The number of hydrogen-bond donors (Lipinski definition) is 2. The van der Waals surface area contributed by atoms with Gasteiger partial charge in [0.15, 0.2) is 5.96 Å². The predicted octanol–water partition coefficient (Wildman–Crippen LogP) is 1.29. The van der Waals surface area contributed by atoms with Crippen molar-refractivity contribution in [3.8, 4) is 0 Å². The molecule has 0 spiro atoms. The van der Waals surface area contributed by atoms with E-state index in [-0.39, 0.29) is 42.2 Å². The number of nitrogens with one attached hydrogen (secondary N) is 2. The van der Waals surface area contributed by atoms with Crippen LogP contribution in [-0.2, 0) is 16.1 Å². The molecule has 0 atom stereocenters. The molecular formula is C19H31FIN5O2. The number of likely N-dealkylation sites (N-methyl/N-ethyl adjacent to an activating group) is 1. The van der Waals surface area contributed by atoms with E-state index >= 15 is 0 Å². The van der Waals surface area contributed by atoms with Crippen molar-refractivity contribution in [3.05, 3.63) is 35.6 Å². The monoisotopic (exact) mass is 507 g/mol. The number of halogens is 2. The zero-order valence-corrected chi connectivity index (χ0v) is 18.9. The minimum absolute atomic E-state index is 0. The van der Waals surface area contributed by atoms with E-state index in [1.54, 1.807) is 26.2 Å². The molecule has 28 heavy (non-hydrogen) atoms. The lowest BCUT2D eigenvalue weighted by Crippen LogP contribution is -2.44. The van der Waals surface area contributed by atoms with Crippen molar-refractivity contribution in [2.45, 2.75) is 13.0 Å². The van der Waals surface area contributed by atoms with Crippen molar-refractivity contribution in [2.24, 2.45) is 4.99 Å². The molecule has 1 saturated heterocycles. The van der Waals surface area contributed by atoms with Gasteiger partial charge in [0.05, 0.1) is 26.3 Å². The van der Waals surface area contributed by atoms with Crippen LogP contribution in [0, 0.1) is 5.82 Å². The first-order valence-electron chi connectivity index (χ1n) is 9.31. The Labute approximate surface area is 183 Å². The van der Waals surface area contributed by atoms with Gasteiger partial charge in [-0.05, 0) is 30.7 Å². The van der Waals surface area contributed by atoms with E-state index in [0.29, 0.717) is 12.5 Å². The van der Waals surface area contributed by atoms with Gasteiger partial charge in [-0.2, -0.15) is 0 Å². The van der Waals surface area contributed by atoms with E-state index in [4.69, 9.17) is 4.74 Å². The zero-order valence-electron chi connectivity index (χ0n) is 16.6. The Bertz CT molecular complexity index is 607. The van der Waals surface area contributed by atoms with Gasteiger partial charge in [-0.25, -0.2) is 9.38 Å². The summed E-state index contributed by atoms with van der Waals surface area (Å²) < 4.78 is 18.4. The second-order valence-electron chi connectivity index (χ2n) is 6.67. The Kier molecular flexibility index (Phi) is 12.0. The average molecular weight is 507 g/mol. The minimum Gasteiger partial charge on any atom is -0.379 e. The van der Waals surface area contributed by atoms with Gasteiger partial charge in [-0.3, -0.25) is 9.69 Å². The first kappa shape index (κ1) is 24.6. The molecule has 1 fully saturated rings. The summed E-state index contributed by atoms with van der Waals surface area (Å²) in [6, 6.07) is 6.26. The number of aliphatic imine (C=N–C) groups is 1. The Morgan fingerprint density at radius 1 is 1.21 bits per heavy atom. The number of rotatable bonds is 8. The average Bonchev–Trinajstić information content (AvgIpc) is 2.68. The molecule has 0 aliphatic carbocycles. The third-order valence-electron chi connectivity index (χ3n) is 4.29. The van der Waals surface area contributed by atoms with Crippen LogP contribution in [0.15, 0.2) is 29.3 Å². The fraction of sp³-hybridized carbons (Fsp3) is 0.579. The van der Waals surface area contributed by atoms with Gasteiger partial charge in [0.25, 0.3) is 0 Å². The number of ether oxygens (including phenoxy) is 1. The molecule has 1 heterocycles. The van der Waals surface area contributed by atoms with Crippen LogP contribution in [0.25, 0.3) is 0 Å². The number of carbonyl (C=O) groups excluding carboxylic acids is 1. The molecule has 7 nitrogen and oxygen atoms in total. The zero-order chi connectivity index (χ0) is 19.5. The molecule has 2 rings (SSSR count). The predicted molar refractivity (Wildman–Crippen MR) is 120 cm³/mol. The van der Waals surface area contributed by atoms with Crippen molar-refractivity contribution < 1.29 is 13.9 Å². The smallest absolute Gasteiger partial charge is 0.241 e. The first-order valence-corrected chi connectivity index (χ1v) is 9.31. The van der Waals surface area contributed by atoms with Crippen LogP contribution in [0.3, 0.4) is 0 Å². The van der Waals surface area contributed by atoms with E-state index in [9.17, 15) is 9.18 Å². The molecule has 158 valence electrons. The SMILES string of the molecule is CN(C)C(=O)CNC(=NCc1ccc(F)cc1)NCCCN1CCOCC1.I. The molecule has 0 aromatic heterocycles. The number of guanidine groups is 1. The third kappa shape index (κ3) is 9.65. The maximum absolute atomic E-state index is 13.0. The second kappa shape index (κ2) is 13.7.